The highest BCUT2D eigenvalue weighted by Crippen LogP contribution is 2.38. The summed E-state index contributed by atoms with van der Waals surface area (Å²) < 4.78 is 18.3. The summed E-state index contributed by atoms with van der Waals surface area (Å²) in [6.45, 7) is 6.07. The lowest BCUT2D eigenvalue weighted by Gasteiger charge is -2.39. The Morgan fingerprint density at radius 2 is 2.07 bits per heavy atom. The van der Waals surface area contributed by atoms with E-state index in [-0.39, 0.29) is 17.2 Å². The zero-order valence-corrected chi connectivity index (χ0v) is 17.9. The fourth-order valence-electron chi connectivity index (χ4n) is 4.51. The number of rotatable bonds is 7. The molecule has 2 aliphatic heterocycles. The monoisotopic (exact) mass is 417 g/mol. The molecule has 9 heteroatoms. The zero-order valence-electron chi connectivity index (χ0n) is 17.9. The summed E-state index contributed by atoms with van der Waals surface area (Å²) in [5.41, 5.74) is 0.410. The van der Waals surface area contributed by atoms with Gasteiger partial charge in [-0.15, -0.1) is 0 Å². The average Bonchev–Trinajstić information content (AvgIpc) is 3.48. The highest BCUT2D eigenvalue weighted by Gasteiger charge is 2.42. The molecule has 0 unspecified atom stereocenters. The molecular weight excluding hydrogens is 386 g/mol. The van der Waals surface area contributed by atoms with Crippen molar-refractivity contribution in [3.8, 4) is 0 Å². The number of piperidine rings is 1. The van der Waals surface area contributed by atoms with E-state index in [1.807, 2.05) is 11.8 Å². The lowest BCUT2D eigenvalue weighted by molar-refractivity contribution is 0.0604. The van der Waals surface area contributed by atoms with Crippen molar-refractivity contribution in [1.29, 1.82) is 0 Å². The van der Waals surface area contributed by atoms with Crippen LogP contribution in [0.3, 0.4) is 0 Å². The van der Waals surface area contributed by atoms with Gasteiger partial charge in [0.2, 0.25) is 5.89 Å². The summed E-state index contributed by atoms with van der Waals surface area (Å²) >= 11 is 0. The molecule has 2 fully saturated rings. The number of carbonyl (C=O) groups excluding carboxylic acids is 1. The van der Waals surface area contributed by atoms with Crippen LogP contribution in [-0.4, -0.2) is 70.7 Å². The van der Waals surface area contributed by atoms with Gasteiger partial charge in [-0.3, -0.25) is 9.48 Å². The summed E-state index contributed by atoms with van der Waals surface area (Å²) in [7, 11) is 1.71. The molecule has 4 rings (SSSR count). The number of amides is 1. The van der Waals surface area contributed by atoms with E-state index >= 15 is 0 Å². The molecule has 0 spiro atoms. The smallest absolute Gasteiger partial charge is 0.272 e. The average molecular weight is 418 g/mol. The van der Waals surface area contributed by atoms with Crippen molar-refractivity contribution in [2.75, 3.05) is 40.0 Å². The minimum Gasteiger partial charge on any atom is -0.385 e. The Kier molecular flexibility index (Phi) is 6.48. The standard InChI is InChI=1S/C21H31N5O4/c1-3-26-17(4-10-22-26)19(27)25-11-7-21(8-12-25,9-15-28-2)20-23-18(30-24-20)16-5-13-29-14-6-16/h4,10,16H,3,5-9,11-15H2,1-2H3. The number of nitrogens with zero attached hydrogens (tertiary/aromatic N) is 5. The molecule has 2 aliphatic rings. The third kappa shape index (κ3) is 4.13. The number of aromatic nitrogens is 4. The van der Waals surface area contributed by atoms with Gasteiger partial charge in [0, 0.05) is 64.1 Å². The third-order valence-corrected chi connectivity index (χ3v) is 6.51. The summed E-state index contributed by atoms with van der Waals surface area (Å²) in [5.74, 6) is 1.78. The van der Waals surface area contributed by atoms with E-state index in [2.05, 4.69) is 10.3 Å². The summed E-state index contributed by atoms with van der Waals surface area (Å²) in [4.78, 5) is 19.7. The molecule has 30 heavy (non-hydrogen) atoms. The SMILES string of the molecule is CCn1nccc1C(=O)N1CCC(CCOC)(c2noc(C3CCOCC3)n2)CC1. The van der Waals surface area contributed by atoms with Gasteiger partial charge in [-0.2, -0.15) is 10.1 Å². The van der Waals surface area contributed by atoms with Gasteiger partial charge in [0.25, 0.3) is 5.91 Å². The number of hydrogen-bond donors (Lipinski definition) is 0. The molecule has 4 heterocycles. The molecule has 0 N–H and O–H groups in total. The van der Waals surface area contributed by atoms with Crippen LogP contribution in [0.5, 0.6) is 0 Å². The first kappa shape index (κ1) is 21.0. The van der Waals surface area contributed by atoms with Crippen LogP contribution in [-0.2, 0) is 21.4 Å². The van der Waals surface area contributed by atoms with E-state index in [4.69, 9.17) is 19.0 Å². The molecule has 0 aliphatic carbocycles. The lowest BCUT2D eigenvalue weighted by atomic mass is 9.75. The maximum absolute atomic E-state index is 13.0. The predicted molar refractivity (Wildman–Crippen MR) is 108 cm³/mol. The first-order valence-corrected chi connectivity index (χ1v) is 10.9. The van der Waals surface area contributed by atoms with Crippen LogP contribution in [0.4, 0.5) is 0 Å². The Morgan fingerprint density at radius 1 is 1.30 bits per heavy atom. The van der Waals surface area contributed by atoms with E-state index < -0.39 is 0 Å². The molecule has 164 valence electrons. The van der Waals surface area contributed by atoms with Crippen molar-refractivity contribution in [2.24, 2.45) is 0 Å². The second-order valence-corrected chi connectivity index (χ2v) is 8.19. The number of likely N-dealkylation sites (tertiary alicyclic amines) is 1. The van der Waals surface area contributed by atoms with E-state index in [9.17, 15) is 4.79 Å². The van der Waals surface area contributed by atoms with E-state index in [0.717, 1.165) is 57.0 Å². The fraction of sp³-hybridized carbons (Fsp3) is 0.714. The molecule has 2 saturated heterocycles. The van der Waals surface area contributed by atoms with Crippen molar-refractivity contribution >= 4 is 5.91 Å². The van der Waals surface area contributed by atoms with Crippen LogP contribution >= 0.6 is 0 Å². The number of ether oxygens (including phenoxy) is 2. The van der Waals surface area contributed by atoms with Gasteiger partial charge in [-0.05, 0) is 45.1 Å². The highest BCUT2D eigenvalue weighted by molar-refractivity contribution is 5.92. The summed E-state index contributed by atoms with van der Waals surface area (Å²) in [6.07, 6.45) is 5.90. The van der Waals surface area contributed by atoms with Gasteiger partial charge in [0.15, 0.2) is 5.82 Å². The van der Waals surface area contributed by atoms with Crippen LogP contribution in [0.2, 0.25) is 0 Å². The van der Waals surface area contributed by atoms with Crippen molar-refractivity contribution in [1.82, 2.24) is 24.8 Å². The highest BCUT2D eigenvalue weighted by atomic mass is 16.5. The Labute approximate surface area is 176 Å². The Morgan fingerprint density at radius 3 is 2.77 bits per heavy atom. The molecule has 9 nitrogen and oxygen atoms in total. The van der Waals surface area contributed by atoms with Crippen LogP contribution in [0, 0.1) is 0 Å². The van der Waals surface area contributed by atoms with Gasteiger partial charge in [0.05, 0.1) is 0 Å². The molecule has 0 saturated carbocycles. The van der Waals surface area contributed by atoms with Gasteiger partial charge >= 0.3 is 0 Å². The van der Waals surface area contributed by atoms with E-state index in [1.54, 1.807) is 24.1 Å². The molecule has 2 aromatic heterocycles. The minimum absolute atomic E-state index is 0.0331. The number of aryl methyl sites for hydroxylation is 1. The second-order valence-electron chi connectivity index (χ2n) is 8.19. The molecule has 0 atom stereocenters. The van der Waals surface area contributed by atoms with Crippen LogP contribution < -0.4 is 0 Å². The van der Waals surface area contributed by atoms with Crippen LogP contribution in [0.1, 0.15) is 67.1 Å². The quantitative estimate of drug-likeness (QED) is 0.682. The number of methoxy groups -OCH3 is 1. The zero-order chi connectivity index (χ0) is 21.0. The largest absolute Gasteiger partial charge is 0.385 e. The van der Waals surface area contributed by atoms with Gasteiger partial charge in [0.1, 0.15) is 5.69 Å². The second kappa shape index (κ2) is 9.26. The fourth-order valence-corrected chi connectivity index (χ4v) is 4.51. The van der Waals surface area contributed by atoms with Crippen LogP contribution in [0.25, 0.3) is 0 Å². The van der Waals surface area contributed by atoms with Crippen molar-refractivity contribution in [3.05, 3.63) is 29.7 Å². The Hall–Kier alpha value is -2.26. The van der Waals surface area contributed by atoms with Crippen LogP contribution in [0.15, 0.2) is 16.8 Å². The number of carbonyl (C=O) groups is 1. The van der Waals surface area contributed by atoms with Crippen molar-refractivity contribution in [2.45, 2.75) is 56.9 Å². The maximum atomic E-state index is 13.0. The van der Waals surface area contributed by atoms with Gasteiger partial charge in [-0.25, -0.2) is 0 Å². The summed E-state index contributed by atoms with van der Waals surface area (Å²) in [6, 6.07) is 1.79. The topological polar surface area (TPSA) is 95.5 Å². The third-order valence-electron chi connectivity index (χ3n) is 6.51. The van der Waals surface area contributed by atoms with Crippen molar-refractivity contribution in [3.63, 3.8) is 0 Å². The molecule has 0 aromatic carbocycles. The molecule has 0 radical (unpaired) electrons. The van der Waals surface area contributed by atoms with E-state index in [0.29, 0.717) is 31.9 Å². The maximum Gasteiger partial charge on any atom is 0.272 e. The van der Waals surface area contributed by atoms with Gasteiger partial charge in [-0.1, -0.05) is 5.16 Å². The minimum atomic E-state index is -0.231. The first-order valence-electron chi connectivity index (χ1n) is 10.9. The lowest BCUT2D eigenvalue weighted by Crippen LogP contribution is -2.46. The molecular formula is C21H31N5O4. The van der Waals surface area contributed by atoms with Gasteiger partial charge < -0.3 is 18.9 Å². The Bertz CT molecular complexity index is 834. The normalized spacial score (nSPS) is 19.9. The Balaban J connectivity index is 1.49. The molecule has 1 amide bonds. The summed E-state index contributed by atoms with van der Waals surface area (Å²) in [5, 5.41) is 8.61. The molecule has 0 bridgehead atoms. The van der Waals surface area contributed by atoms with E-state index in [1.165, 1.54) is 0 Å². The predicted octanol–water partition coefficient (Wildman–Crippen LogP) is 2.39. The van der Waals surface area contributed by atoms with Crippen molar-refractivity contribution < 1.29 is 18.8 Å². The molecule has 2 aromatic rings. The first-order chi connectivity index (χ1) is 14.7. The number of hydrogen-bond acceptors (Lipinski definition) is 7.